The van der Waals surface area contributed by atoms with Crippen molar-refractivity contribution in [1.82, 2.24) is 9.97 Å². The van der Waals surface area contributed by atoms with Crippen molar-refractivity contribution in [2.24, 2.45) is 5.73 Å². The van der Waals surface area contributed by atoms with Crippen LogP contribution in [0.4, 0.5) is 10.2 Å². The molecule has 0 spiro atoms. The Morgan fingerprint density at radius 3 is 2.52 bits per heavy atom. The number of morpholine rings is 1. The topological polar surface area (TPSA) is 64.3 Å². The second-order valence-corrected chi connectivity index (χ2v) is 5.20. The molecule has 0 aliphatic carbocycles. The minimum Gasteiger partial charge on any atom is -0.378 e. The lowest BCUT2D eigenvalue weighted by atomic mass is 10.1. The summed E-state index contributed by atoms with van der Waals surface area (Å²) in [6.45, 7) is 3.08. The number of nitrogens with two attached hydrogens (primary N) is 1. The van der Waals surface area contributed by atoms with Gasteiger partial charge in [0.2, 0.25) is 0 Å². The van der Waals surface area contributed by atoms with E-state index in [1.165, 1.54) is 11.8 Å². The summed E-state index contributed by atoms with van der Waals surface area (Å²) in [4.78, 5) is 10.4. The second-order valence-electron chi connectivity index (χ2n) is 5.20. The molecule has 1 aromatic heterocycles. The maximum atomic E-state index is 14.0. The lowest BCUT2D eigenvalue weighted by molar-refractivity contribution is 0.122. The minimum absolute atomic E-state index is 0. The minimum atomic E-state index is -0.398. The fourth-order valence-electron chi connectivity index (χ4n) is 2.48. The highest BCUT2D eigenvalue weighted by molar-refractivity contribution is 5.85. The molecule has 23 heavy (non-hydrogen) atoms. The highest BCUT2D eigenvalue weighted by Gasteiger charge is 2.18. The molecule has 1 aliphatic heterocycles. The SMILES string of the molecule is Cl.NCCc1ccc(-c2ncc(F)c(N3CCOCC3)n2)cc1. The average Bonchev–Trinajstić information content (AvgIpc) is 2.57. The van der Waals surface area contributed by atoms with Crippen molar-refractivity contribution >= 4 is 18.2 Å². The molecule has 1 aromatic carbocycles. The molecule has 0 saturated carbocycles. The van der Waals surface area contributed by atoms with Crippen molar-refractivity contribution < 1.29 is 9.13 Å². The summed E-state index contributed by atoms with van der Waals surface area (Å²) in [6, 6.07) is 7.90. The fraction of sp³-hybridized carbons (Fsp3) is 0.375. The van der Waals surface area contributed by atoms with Crippen molar-refractivity contribution in [3.05, 3.63) is 41.8 Å². The van der Waals surface area contributed by atoms with Crippen LogP contribution < -0.4 is 10.6 Å². The summed E-state index contributed by atoms with van der Waals surface area (Å²) in [5.41, 5.74) is 7.59. The molecule has 2 heterocycles. The number of aromatic nitrogens is 2. The first-order valence-corrected chi connectivity index (χ1v) is 7.42. The Morgan fingerprint density at radius 2 is 1.87 bits per heavy atom. The van der Waals surface area contributed by atoms with E-state index in [9.17, 15) is 4.39 Å². The largest absolute Gasteiger partial charge is 0.378 e. The van der Waals surface area contributed by atoms with Crippen molar-refractivity contribution in [2.45, 2.75) is 6.42 Å². The van der Waals surface area contributed by atoms with E-state index in [-0.39, 0.29) is 12.4 Å². The molecule has 0 atom stereocenters. The molecule has 5 nitrogen and oxygen atoms in total. The van der Waals surface area contributed by atoms with Gasteiger partial charge in [-0.05, 0) is 18.5 Å². The first kappa shape index (κ1) is 17.6. The summed E-state index contributed by atoms with van der Waals surface area (Å²) in [7, 11) is 0. The Bertz CT molecular complexity index is 632. The molecule has 7 heteroatoms. The van der Waals surface area contributed by atoms with E-state index in [1.54, 1.807) is 0 Å². The summed E-state index contributed by atoms with van der Waals surface area (Å²) in [6.07, 6.45) is 2.07. The normalized spacial score (nSPS) is 14.4. The Hall–Kier alpha value is -1.76. The third kappa shape index (κ3) is 4.16. The van der Waals surface area contributed by atoms with Crippen LogP contribution in [0.2, 0.25) is 0 Å². The highest BCUT2D eigenvalue weighted by Crippen LogP contribution is 2.22. The van der Waals surface area contributed by atoms with Gasteiger partial charge in [-0.2, -0.15) is 0 Å². The Labute approximate surface area is 141 Å². The van der Waals surface area contributed by atoms with Crippen LogP contribution in [-0.2, 0) is 11.2 Å². The van der Waals surface area contributed by atoms with Gasteiger partial charge in [0.1, 0.15) is 0 Å². The van der Waals surface area contributed by atoms with E-state index in [0.717, 1.165) is 12.0 Å². The van der Waals surface area contributed by atoms with Gasteiger partial charge in [0.05, 0.1) is 19.4 Å². The van der Waals surface area contributed by atoms with Crippen molar-refractivity contribution in [3.8, 4) is 11.4 Å². The van der Waals surface area contributed by atoms with Crippen molar-refractivity contribution in [1.29, 1.82) is 0 Å². The zero-order valence-electron chi connectivity index (χ0n) is 12.7. The smallest absolute Gasteiger partial charge is 0.183 e. The molecule has 2 aromatic rings. The van der Waals surface area contributed by atoms with Crippen LogP contribution in [-0.4, -0.2) is 42.8 Å². The van der Waals surface area contributed by atoms with Crippen LogP contribution in [0.15, 0.2) is 30.5 Å². The van der Waals surface area contributed by atoms with Crippen LogP contribution in [0.25, 0.3) is 11.4 Å². The van der Waals surface area contributed by atoms with Crippen molar-refractivity contribution in [3.63, 3.8) is 0 Å². The lowest BCUT2D eigenvalue weighted by Gasteiger charge is -2.28. The van der Waals surface area contributed by atoms with Gasteiger partial charge < -0.3 is 15.4 Å². The number of hydrogen-bond donors (Lipinski definition) is 1. The maximum absolute atomic E-state index is 14.0. The van der Waals surface area contributed by atoms with Crippen LogP contribution in [0, 0.1) is 5.82 Å². The van der Waals surface area contributed by atoms with Crippen LogP contribution in [0.1, 0.15) is 5.56 Å². The van der Waals surface area contributed by atoms with Gasteiger partial charge in [0.15, 0.2) is 17.5 Å². The van der Waals surface area contributed by atoms with E-state index in [2.05, 4.69) is 9.97 Å². The molecular formula is C16H20ClFN4O. The maximum Gasteiger partial charge on any atom is 0.183 e. The number of hydrogen-bond acceptors (Lipinski definition) is 5. The molecule has 0 radical (unpaired) electrons. The van der Waals surface area contributed by atoms with Crippen molar-refractivity contribution in [2.75, 3.05) is 37.7 Å². The molecule has 1 fully saturated rings. The van der Waals surface area contributed by atoms with Gasteiger partial charge in [0.25, 0.3) is 0 Å². The number of ether oxygens (including phenoxy) is 1. The molecule has 124 valence electrons. The predicted octanol–water partition coefficient (Wildman–Crippen LogP) is 2.04. The van der Waals surface area contributed by atoms with E-state index >= 15 is 0 Å². The molecule has 0 amide bonds. The number of anilines is 1. The van der Waals surface area contributed by atoms with Crippen LogP contribution in [0.3, 0.4) is 0 Å². The molecule has 3 rings (SSSR count). The standard InChI is InChI=1S/C16H19FN4O.ClH/c17-14-11-19-15(13-3-1-12(2-4-13)5-6-18)20-16(14)21-7-9-22-10-8-21;/h1-4,11H,5-10,18H2;1H. The second kappa shape index (κ2) is 8.19. The van der Waals surface area contributed by atoms with Gasteiger partial charge in [-0.25, -0.2) is 14.4 Å². The number of halogens is 2. The fourth-order valence-corrected chi connectivity index (χ4v) is 2.48. The van der Waals surface area contributed by atoms with Gasteiger partial charge in [0, 0.05) is 18.7 Å². The van der Waals surface area contributed by atoms with Crippen LogP contribution in [0.5, 0.6) is 0 Å². The molecule has 1 aliphatic rings. The molecular weight excluding hydrogens is 319 g/mol. The Balaban J connectivity index is 0.00000192. The van der Waals surface area contributed by atoms with E-state index in [0.29, 0.717) is 44.5 Å². The third-order valence-electron chi connectivity index (χ3n) is 3.68. The van der Waals surface area contributed by atoms with Gasteiger partial charge in [-0.1, -0.05) is 24.3 Å². The number of rotatable bonds is 4. The van der Waals surface area contributed by atoms with Gasteiger partial charge in [-0.15, -0.1) is 12.4 Å². The number of benzene rings is 1. The molecule has 0 unspecified atom stereocenters. The molecule has 0 bridgehead atoms. The average molecular weight is 339 g/mol. The lowest BCUT2D eigenvalue weighted by Crippen LogP contribution is -2.37. The Kier molecular flexibility index (Phi) is 6.27. The quantitative estimate of drug-likeness (QED) is 0.924. The monoisotopic (exact) mass is 338 g/mol. The van der Waals surface area contributed by atoms with E-state index in [1.807, 2.05) is 29.2 Å². The summed E-state index contributed by atoms with van der Waals surface area (Å²) in [5.74, 6) is 0.479. The van der Waals surface area contributed by atoms with E-state index < -0.39 is 5.82 Å². The van der Waals surface area contributed by atoms with E-state index in [4.69, 9.17) is 10.5 Å². The predicted molar refractivity (Wildman–Crippen MR) is 90.5 cm³/mol. The van der Waals surface area contributed by atoms with Gasteiger partial charge >= 0.3 is 0 Å². The summed E-state index contributed by atoms with van der Waals surface area (Å²) < 4.78 is 19.3. The summed E-state index contributed by atoms with van der Waals surface area (Å²) >= 11 is 0. The summed E-state index contributed by atoms with van der Waals surface area (Å²) in [5, 5.41) is 0. The Morgan fingerprint density at radius 1 is 1.17 bits per heavy atom. The third-order valence-corrected chi connectivity index (χ3v) is 3.68. The van der Waals surface area contributed by atoms with Gasteiger partial charge in [-0.3, -0.25) is 0 Å². The first-order valence-electron chi connectivity index (χ1n) is 7.42. The molecule has 1 saturated heterocycles. The highest BCUT2D eigenvalue weighted by atomic mass is 35.5. The molecule has 2 N–H and O–H groups in total. The zero-order valence-corrected chi connectivity index (χ0v) is 13.6. The first-order chi connectivity index (χ1) is 10.8. The zero-order chi connectivity index (χ0) is 15.4. The van der Waals surface area contributed by atoms with Crippen LogP contribution >= 0.6 is 12.4 Å². The number of nitrogens with zero attached hydrogens (tertiary/aromatic N) is 3.